The molecular formula is C22H19F3N6O2S. The van der Waals surface area contributed by atoms with Gasteiger partial charge in [0.25, 0.3) is 0 Å². The fraction of sp³-hybridized carbons (Fsp3) is 0.182. The maximum Gasteiger partial charge on any atom is 0.416 e. The highest BCUT2D eigenvalue weighted by Crippen LogP contribution is 2.30. The molecule has 1 aromatic heterocycles. The second-order valence-electron chi connectivity index (χ2n) is 7.05. The molecule has 0 unspecified atom stereocenters. The molecule has 0 fully saturated rings. The molecule has 1 heterocycles. The number of H-pyrrole nitrogens is 1. The van der Waals surface area contributed by atoms with Gasteiger partial charge in [-0.2, -0.15) is 18.4 Å². The Hall–Kier alpha value is -3.95. The van der Waals surface area contributed by atoms with Crippen molar-refractivity contribution in [1.82, 2.24) is 9.97 Å². The number of alkyl halides is 3. The number of amides is 1. The molecule has 0 aliphatic rings. The second kappa shape index (κ2) is 10.8. The van der Waals surface area contributed by atoms with Crippen LogP contribution in [0.25, 0.3) is 0 Å². The summed E-state index contributed by atoms with van der Waals surface area (Å²) in [5.41, 5.74) is 5.50. The molecule has 1 amide bonds. The predicted octanol–water partition coefficient (Wildman–Crippen LogP) is 4.25. The van der Waals surface area contributed by atoms with Crippen molar-refractivity contribution in [1.29, 1.82) is 5.26 Å². The van der Waals surface area contributed by atoms with Crippen LogP contribution in [0.4, 0.5) is 30.6 Å². The molecule has 3 aromatic rings. The van der Waals surface area contributed by atoms with Crippen LogP contribution in [0.2, 0.25) is 0 Å². The number of nitrogens with zero attached hydrogens (tertiary/aromatic N) is 2. The Morgan fingerprint density at radius 2 is 1.97 bits per heavy atom. The number of halogens is 3. The lowest BCUT2D eigenvalue weighted by Crippen LogP contribution is -2.39. The number of rotatable bonds is 8. The molecule has 34 heavy (non-hydrogen) atoms. The number of carbonyl (C=O) groups excluding carboxylic acids is 1. The summed E-state index contributed by atoms with van der Waals surface area (Å²) >= 11 is 5.04. The number of hydrogen-bond donors (Lipinski definition) is 4. The van der Waals surface area contributed by atoms with Crippen LogP contribution in [0.1, 0.15) is 16.7 Å². The van der Waals surface area contributed by atoms with Crippen LogP contribution in [0.3, 0.4) is 0 Å². The maximum absolute atomic E-state index is 13.0. The van der Waals surface area contributed by atoms with Crippen molar-refractivity contribution in [3.63, 3.8) is 0 Å². The number of aromatic nitrogens is 2. The molecule has 1 atom stereocenters. The van der Waals surface area contributed by atoms with E-state index in [2.05, 4.69) is 20.6 Å². The van der Waals surface area contributed by atoms with E-state index in [-0.39, 0.29) is 40.9 Å². The molecule has 0 radical (unpaired) electrons. The zero-order chi connectivity index (χ0) is 24.7. The van der Waals surface area contributed by atoms with E-state index in [0.717, 1.165) is 17.7 Å². The maximum atomic E-state index is 13.0. The zero-order valence-corrected chi connectivity index (χ0v) is 18.3. The molecule has 0 aliphatic heterocycles. The lowest BCUT2D eigenvalue weighted by atomic mass is 10.2. The molecule has 0 saturated heterocycles. The average Bonchev–Trinajstić information content (AvgIpc) is 2.78. The summed E-state index contributed by atoms with van der Waals surface area (Å²) in [6.07, 6.45) is -4.57. The van der Waals surface area contributed by atoms with Gasteiger partial charge >= 0.3 is 6.18 Å². The number of anilines is 3. The highest BCUT2D eigenvalue weighted by Gasteiger charge is 2.31. The standard InChI is InChI=1S/C22H19F3N6O2S/c23-22(24,25)14-7-4-8-15(9-14)28-19(32)17(12-33-11-13-5-2-1-3-6-13)29-18-16(10-26)20(34)31-21(27)30-18/h1-9,17H,11-12H2,(H,28,32)(H4,27,29,30,31,34)/t17-/m0/s1. The van der Waals surface area contributed by atoms with Crippen LogP contribution in [-0.4, -0.2) is 28.5 Å². The first-order chi connectivity index (χ1) is 16.2. The molecule has 12 heteroatoms. The van der Waals surface area contributed by atoms with Crippen LogP contribution in [0.15, 0.2) is 54.6 Å². The van der Waals surface area contributed by atoms with Gasteiger partial charge in [0, 0.05) is 5.69 Å². The molecule has 176 valence electrons. The molecule has 0 saturated carbocycles. The molecule has 3 rings (SSSR count). The van der Waals surface area contributed by atoms with Gasteiger partial charge in [0.2, 0.25) is 5.91 Å². The Bertz CT molecular complexity index is 1260. The first-order valence-corrected chi connectivity index (χ1v) is 10.2. The minimum absolute atomic E-state index is 0.0347. The number of ether oxygens (including phenoxy) is 1. The van der Waals surface area contributed by atoms with Crippen molar-refractivity contribution in [2.75, 3.05) is 23.0 Å². The monoisotopic (exact) mass is 488 g/mol. The summed E-state index contributed by atoms with van der Waals surface area (Å²) in [4.78, 5) is 19.4. The van der Waals surface area contributed by atoms with E-state index in [0.29, 0.717) is 0 Å². The number of benzene rings is 2. The normalized spacial score (nSPS) is 11.9. The molecule has 8 nitrogen and oxygen atoms in total. The van der Waals surface area contributed by atoms with E-state index < -0.39 is 23.7 Å². The Kier molecular flexibility index (Phi) is 7.83. The predicted molar refractivity (Wildman–Crippen MR) is 122 cm³/mol. The number of nitriles is 1. The molecule has 0 aliphatic carbocycles. The second-order valence-corrected chi connectivity index (χ2v) is 7.44. The number of nitrogens with one attached hydrogen (secondary N) is 3. The van der Waals surface area contributed by atoms with E-state index >= 15 is 0 Å². The Balaban J connectivity index is 1.83. The zero-order valence-electron chi connectivity index (χ0n) is 17.5. The smallest absolute Gasteiger partial charge is 0.374 e. The van der Waals surface area contributed by atoms with E-state index in [4.69, 9.17) is 22.7 Å². The number of nitrogens with two attached hydrogens (primary N) is 1. The van der Waals surface area contributed by atoms with E-state index in [1.54, 1.807) is 0 Å². The summed E-state index contributed by atoms with van der Waals surface area (Å²) in [7, 11) is 0. The van der Waals surface area contributed by atoms with Crippen molar-refractivity contribution >= 4 is 35.6 Å². The Morgan fingerprint density at radius 1 is 1.24 bits per heavy atom. The van der Waals surface area contributed by atoms with Gasteiger partial charge in [-0.25, -0.2) is 4.98 Å². The summed E-state index contributed by atoms with van der Waals surface area (Å²) in [5, 5.41) is 14.7. The van der Waals surface area contributed by atoms with Gasteiger partial charge in [-0.3, -0.25) is 4.79 Å². The van der Waals surface area contributed by atoms with Gasteiger partial charge in [0.05, 0.1) is 18.8 Å². The van der Waals surface area contributed by atoms with E-state index in [1.165, 1.54) is 12.1 Å². The van der Waals surface area contributed by atoms with Gasteiger partial charge in [-0.15, -0.1) is 0 Å². The number of aromatic amines is 1. The van der Waals surface area contributed by atoms with Crippen LogP contribution in [0, 0.1) is 16.0 Å². The number of nitrogen functional groups attached to an aromatic ring is 1. The third kappa shape index (κ3) is 6.53. The largest absolute Gasteiger partial charge is 0.416 e. The first kappa shape index (κ1) is 24.7. The van der Waals surface area contributed by atoms with Gasteiger partial charge in [-0.05, 0) is 23.8 Å². The fourth-order valence-corrected chi connectivity index (χ4v) is 3.18. The fourth-order valence-electron chi connectivity index (χ4n) is 2.93. The Morgan fingerprint density at radius 3 is 2.65 bits per heavy atom. The van der Waals surface area contributed by atoms with Gasteiger partial charge in [0.15, 0.2) is 10.6 Å². The highest BCUT2D eigenvalue weighted by atomic mass is 32.1. The molecule has 2 aromatic carbocycles. The van der Waals surface area contributed by atoms with Gasteiger partial charge < -0.3 is 26.1 Å². The molecule has 0 spiro atoms. The van der Waals surface area contributed by atoms with Gasteiger partial charge in [0.1, 0.15) is 23.5 Å². The number of hydrogen-bond acceptors (Lipinski definition) is 7. The van der Waals surface area contributed by atoms with Crippen molar-refractivity contribution < 1.29 is 22.7 Å². The molecular weight excluding hydrogens is 469 g/mol. The average molecular weight is 488 g/mol. The lowest BCUT2D eigenvalue weighted by Gasteiger charge is -2.20. The van der Waals surface area contributed by atoms with Crippen LogP contribution >= 0.6 is 12.2 Å². The van der Waals surface area contributed by atoms with Crippen molar-refractivity contribution in [2.45, 2.75) is 18.8 Å². The van der Waals surface area contributed by atoms with Gasteiger partial charge in [-0.1, -0.05) is 48.6 Å². The van der Waals surface area contributed by atoms with E-state index in [1.807, 2.05) is 36.4 Å². The first-order valence-electron chi connectivity index (χ1n) is 9.83. The Labute approximate surface area is 197 Å². The third-order valence-corrected chi connectivity index (χ3v) is 4.83. The molecule has 5 N–H and O–H groups in total. The van der Waals surface area contributed by atoms with Crippen LogP contribution in [0.5, 0.6) is 0 Å². The van der Waals surface area contributed by atoms with Crippen molar-refractivity contribution in [3.05, 3.63) is 75.9 Å². The van der Waals surface area contributed by atoms with Crippen LogP contribution < -0.4 is 16.4 Å². The highest BCUT2D eigenvalue weighted by molar-refractivity contribution is 7.71. The summed E-state index contributed by atoms with van der Waals surface area (Å²) < 4.78 is 44.7. The minimum atomic E-state index is -4.57. The topological polar surface area (TPSA) is 129 Å². The lowest BCUT2D eigenvalue weighted by molar-refractivity contribution is -0.137. The summed E-state index contributed by atoms with van der Waals surface area (Å²) in [6, 6.07) is 14.1. The number of carbonyl (C=O) groups is 1. The van der Waals surface area contributed by atoms with Crippen LogP contribution in [-0.2, 0) is 22.3 Å². The van der Waals surface area contributed by atoms with Crippen molar-refractivity contribution in [2.24, 2.45) is 0 Å². The SMILES string of the molecule is N#Cc1c(N[C@@H](COCc2ccccc2)C(=O)Nc2cccc(C(F)(F)F)c2)[nH]c(N)nc1=S. The summed E-state index contributed by atoms with van der Waals surface area (Å²) in [6.45, 7) is -0.0111. The third-order valence-electron chi connectivity index (χ3n) is 4.54. The van der Waals surface area contributed by atoms with E-state index in [9.17, 15) is 23.2 Å². The quantitative estimate of drug-likeness (QED) is 0.349. The summed E-state index contributed by atoms with van der Waals surface area (Å²) in [5.74, 6) is -0.757. The van der Waals surface area contributed by atoms with Crippen molar-refractivity contribution in [3.8, 4) is 6.07 Å². The minimum Gasteiger partial charge on any atom is -0.374 e. The molecule has 0 bridgehead atoms.